The molecule has 2 aromatic rings. The van der Waals surface area contributed by atoms with E-state index in [-0.39, 0.29) is 18.0 Å². The van der Waals surface area contributed by atoms with Crippen LogP contribution in [0.2, 0.25) is 0 Å². The third-order valence-corrected chi connectivity index (χ3v) is 3.77. The van der Waals surface area contributed by atoms with Crippen molar-refractivity contribution in [3.05, 3.63) is 67.1 Å². The average molecular weight is 457 g/mol. The Balaban J connectivity index is 1.89. The van der Waals surface area contributed by atoms with Crippen LogP contribution in [0.5, 0.6) is 5.75 Å². The molecule has 0 aromatic heterocycles. The number of ether oxygens (including phenoxy) is 1. The zero-order chi connectivity index (χ0) is 17.5. The predicted octanol–water partition coefficient (Wildman–Crippen LogP) is 3.65. The van der Waals surface area contributed by atoms with E-state index in [4.69, 9.17) is 4.74 Å². The lowest BCUT2D eigenvalue weighted by molar-refractivity contribution is -0.385. The van der Waals surface area contributed by atoms with Crippen molar-refractivity contribution >= 4 is 49.7 Å². The van der Waals surface area contributed by atoms with E-state index in [0.29, 0.717) is 4.47 Å². The first-order valence-electron chi connectivity index (χ1n) is 6.60. The summed E-state index contributed by atoms with van der Waals surface area (Å²) in [5, 5.41) is 14.7. The number of nitro groups is 1. The Morgan fingerprint density at radius 3 is 2.54 bits per heavy atom. The zero-order valence-electron chi connectivity index (χ0n) is 12.1. The molecule has 9 heteroatoms. The van der Waals surface area contributed by atoms with Gasteiger partial charge in [-0.15, -0.1) is 0 Å². The molecule has 24 heavy (non-hydrogen) atoms. The number of carbonyl (C=O) groups is 1. The number of hydrogen-bond acceptors (Lipinski definition) is 5. The summed E-state index contributed by atoms with van der Waals surface area (Å²) in [5.41, 5.74) is 2.87. The second-order valence-electron chi connectivity index (χ2n) is 4.50. The number of hydrazone groups is 1. The first-order chi connectivity index (χ1) is 11.5. The van der Waals surface area contributed by atoms with E-state index >= 15 is 0 Å². The lowest BCUT2D eigenvalue weighted by Gasteiger charge is -2.06. The summed E-state index contributed by atoms with van der Waals surface area (Å²) in [4.78, 5) is 22.0. The molecule has 1 amide bonds. The van der Waals surface area contributed by atoms with E-state index in [1.165, 1.54) is 18.3 Å². The highest BCUT2D eigenvalue weighted by Gasteiger charge is 2.16. The van der Waals surface area contributed by atoms with Crippen LogP contribution in [0, 0.1) is 10.1 Å². The molecule has 2 aromatic carbocycles. The topological polar surface area (TPSA) is 93.8 Å². The SMILES string of the molecule is O=C(COc1ccc(Br)cc1[N+](=O)[O-])N/N=C/c1ccc(Br)cc1. The van der Waals surface area contributed by atoms with Crippen LogP contribution in [0.15, 0.2) is 56.5 Å². The van der Waals surface area contributed by atoms with Crippen molar-refractivity contribution in [2.45, 2.75) is 0 Å². The molecule has 0 bridgehead atoms. The fraction of sp³-hybridized carbons (Fsp3) is 0.0667. The van der Waals surface area contributed by atoms with Crippen molar-refractivity contribution in [2.24, 2.45) is 5.10 Å². The normalized spacial score (nSPS) is 10.6. The smallest absolute Gasteiger partial charge is 0.312 e. The summed E-state index contributed by atoms with van der Waals surface area (Å²) in [6, 6.07) is 11.6. The number of carbonyl (C=O) groups excluding carboxylic acids is 1. The van der Waals surface area contributed by atoms with Gasteiger partial charge in [-0.05, 0) is 29.8 Å². The van der Waals surface area contributed by atoms with Crippen LogP contribution in [-0.2, 0) is 4.79 Å². The Labute approximate surface area is 154 Å². The number of nitrogens with one attached hydrogen (secondary N) is 1. The third-order valence-electron chi connectivity index (χ3n) is 2.75. The second-order valence-corrected chi connectivity index (χ2v) is 6.33. The summed E-state index contributed by atoms with van der Waals surface area (Å²) in [7, 11) is 0. The Morgan fingerprint density at radius 1 is 1.21 bits per heavy atom. The minimum absolute atomic E-state index is 0.00948. The molecular formula is C15H11Br2N3O4. The van der Waals surface area contributed by atoms with Gasteiger partial charge in [-0.3, -0.25) is 14.9 Å². The molecule has 0 spiro atoms. The molecule has 0 heterocycles. The van der Waals surface area contributed by atoms with E-state index in [9.17, 15) is 14.9 Å². The third kappa shape index (κ3) is 5.43. The van der Waals surface area contributed by atoms with Gasteiger partial charge < -0.3 is 4.74 Å². The van der Waals surface area contributed by atoms with E-state index in [1.807, 2.05) is 24.3 Å². The molecule has 2 rings (SSSR count). The second kappa shape index (κ2) is 8.55. The molecule has 7 nitrogen and oxygen atoms in total. The Kier molecular flexibility index (Phi) is 6.44. The summed E-state index contributed by atoms with van der Waals surface area (Å²) in [5.74, 6) is -0.518. The van der Waals surface area contributed by atoms with E-state index in [1.54, 1.807) is 6.07 Å². The van der Waals surface area contributed by atoms with Crippen molar-refractivity contribution in [1.82, 2.24) is 5.43 Å². The van der Waals surface area contributed by atoms with Crippen LogP contribution in [0.4, 0.5) is 5.69 Å². The maximum Gasteiger partial charge on any atom is 0.312 e. The number of amides is 1. The Bertz CT molecular complexity index is 779. The van der Waals surface area contributed by atoms with Gasteiger partial charge in [0.25, 0.3) is 5.91 Å². The van der Waals surface area contributed by atoms with E-state index < -0.39 is 10.8 Å². The molecular weight excluding hydrogens is 446 g/mol. The largest absolute Gasteiger partial charge is 0.477 e. The molecule has 0 unspecified atom stereocenters. The molecule has 0 atom stereocenters. The van der Waals surface area contributed by atoms with E-state index in [0.717, 1.165) is 10.0 Å². The number of benzene rings is 2. The lowest BCUT2D eigenvalue weighted by atomic mass is 10.2. The Morgan fingerprint density at radius 2 is 1.88 bits per heavy atom. The van der Waals surface area contributed by atoms with Crippen molar-refractivity contribution in [3.63, 3.8) is 0 Å². The molecule has 0 aliphatic heterocycles. The molecule has 124 valence electrons. The molecule has 0 radical (unpaired) electrons. The summed E-state index contributed by atoms with van der Waals surface area (Å²) in [6.07, 6.45) is 1.48. The van der Waals surface area contributed by atoms with Gasteiger partial charge in [0.2, 0.25) is 0 Å². The van der Waals surface area contributed by atoms with Gasteiger partial charge in [-0.1, -0.05) is 44.0 Å². The number of rotatable bonds is 6. The molecule has 0 aliphatic carbocycles. The van der Waals surface area contributed by atoms with Gasteiger partial charge in [0.1, 0.15) is 0 Å². The molecule has 0 saturated heterocycles. The fourth-order valence-corrected chi connectivity index (χ4v) is 2.27. The highest BCUT2D eigenvalue weighted by Crippen LogP contribution is 2.29. The van der Waals surface area contributed by atoms with Crippen LogP contribution in [-0.4, -0.2) is 23.7 Å². The predicted molar refractivity (Wildman–Crippen MR) is 96.2 cm³/mol. The quantitative estimate of drug-likeness (QED) is 0.407. The lowest BCUT2D eigenvalue weighted by Crippen LogP contribution is -2.24. The highest BCUT2D eigenvalue weighted by molar-refractivity contribution is 9.10. The zero-order valence-corrected chi connectivity index (χ0v) is 15.3. The first kappa shape index (κ1) is 18.1. The fourth-order valence-electron chi connectivity index (χ4n) is 1.66. The van der Waals surface area contributed by atoms with Crippen molar-refractivity contribution in [1.29, 1.82) is 0 Å². The van der Waals surface area contributed by atoms with Gasteiger partial charge in [0, 0.05) is 15.0 Å². The van der Waals surface area contributed by atoms with Crippen molar-refractivity contribution in [3.8, 4) is 5.75 Å². The minimum atomic E-state index is -0.580. The maximum absolute atomic E-state index is 11.7. The average Bonchev–Trinajstić information content (AvgIpc) is 2.55. The molecule has 1 N–H and O–H groups in total. The van der Waals surface area contributed by atoms with Gasteiger partial charge in [-0.2, -0.15) is 5.10 Å². The molecule has 0 saturated carbocycles. The van der Waals surface area contributed by atoms with Crippen LogP contribution in [0.1, 0.15) is 5.56 Å². The molecule has 0 aliphatic rings. The van der Waals surface area contributed by atoms with Gasteiger partial charge in [0.05, 0.1) is 11.1 Å². The van der Waals surface area contributed by atoms with Crippen LogP contribution in [0.3, 0.4) is 0 Å². The number of hydrogen-bond donors (Lipinski definition) is 1. The Hall–Kier alpha value is -2.26. The summed E-state index contributed by atoms with van der Waals surface area (Å²) in [6.45, 7) is -0.389. The van der Waals surface area contributed by atoms with Gasteiger partial charge >= 0.3 is 5.69 Å². The number of nitrogens with zero attached hydrogens (tertiary/aromatic N) is 2. The summed E-state index contributed by atoms with van der Waals surface area (Å²) < 4.78 is 6.66. The van der Waals surface area contributed by atoms with Gasteiger partial charge in [-0.25, -0.2) is 5.43 Å². The monoisotopic (exact) mass is 455 g/mol. The van der Waals surface area contributed by atoms with Crippen LogP contribution in [0.25, 0.3) is 0 Å². The van der Waals surface area contributed by atoms with Gasteiger partial charge in [0.15, 0.2) is 12.4 Å². The first-order valence-corrected chi connectivity index (χ1v) is 8.18. The van der Waals surface area contributed by atoms with Crippen LogP contribution < -0.4 is 10.2 Å². The standard InChI is InChI=1S/C15H11Br2N3O4/c16-11-3-1-10(2-4-11)8-18-19-15(21)9-24-14-6-5-12(17)7-13(14)20(22)23/h1-8H,9H2,(H,19,21)/b18-8+. The number of halogens is 2. The minimum Gasteiger partial charge on any atom is -0.477 e. The van der Waals surface area contributed by atoms with Crippen molar-refractivity contribution in [2.75, 3.05) is 6.61 Å². The van der Waals surface area contributed by atoms with Crippen molar-refractivity contribution < 1.29 is 14.5 Å². The maximum atomic E-state index is 11.7. The van der Waals surface area contributed by atoms with E-state index in [2.05, 4.69) is 42.4 Å². The van der Waals surface area contributed by atoms with Crippen LogP contribution >= 0.6 is 31.9 Å². The number of nitro benzene ring substituents is 1. The molecule has 0 fully saturated rings. The summed E-state index contributed by atoms with van der Waals surface area (Å²) >= 11 is 6.46. The highest BCUT2D eigenvalue weighted by atomic mass is 79.9.